The number of carbonyl (C=O) groups excluding carboxylic acids is 1. The average molecular weight is 217 g/mol. The van der Waals surface area contributed by atoms with Crippen LogP contribution in [0.15, 0.2) is 24.8 Å². The maximum atomic E-state index is 11.2. The Balaban J connectivity index is 2.18. The van der Waals surface area contributed by atoms with Crippen molar-refractivity contribution in [3.8, 4) is 0 Å². The molecule has 16 heavy (non-hydrogen) atoms. The van der Waals surface area contributed by atoms with Crippen molar-refractivity contribution in [1.29, 1.82) is 0 Å². The molecule has 84 valence electrons. The minimum absolute atomic E-state index is 0.0256. The lowest BCUT2D eigenvalue weighted by atomic mass is 10.1. The van der Waals surface area contributed by atoms with Crippen LogP contribution >= 0.6 is 0 Å². The van der Waals surface area contributed by atoms with Gasteiger partial charge in [0.2, 0.25) is 5.91 Å². The van der Waals surface area contributed by atoms with Gasteiger partial charge in [0.1, 0.15) is 0 Å². The van der Waals surface area contributed by atoms with Crippen molar-refractivity contribution in [2.24, 2.45) is 0 Å². The minimum Gasteiger partial charge on any atom is -0.397 e. The Morgan fingerprint density at radius 3 is 3.12 bits per heavy atom. The Morgan fingerprint density at radius 1 is 1.56 bits per heavy atom. The highest BCUT2D eigenvalue weighted by atomic mass is 16.1. The maximum Gasteiger partial charge on any atom is 0.228 e. The van der Waals surface area contributed by atoms with Crippen LogP contribution in [0, 0.1) is 0 Å². The van der Waals surface area contributed by atoms with Gasteiger partial charge in [-0.3, -0.25) is 4.79 Å². The second kappa shape index (κ2) is 4.26. The molecule has 4 N–H and O–H groups in total. The highest BCUT2D eigenvalue weighted by molar-refractivity contribution is 6.00. The summed E-state index contributed by atoms with van der Waals surface area (Å²) in [6.07, 6.45) is 3.15. The molecule has 0 unspecified atom stereocenters. The molecule has 1 aromatic rings. The molecule has 0 fully saturated rings. The van der Waals surface area contributed by atoms with E-state index in [1.165, 1.54) is 0 Å². The van der Waals surface area contributed by atoms with Crippen molar-refractivity contribution in [3.63, 3.8) is 0 Å². The summed E-state index contributed by atoms with van der Waals surface area (Å²) in [6.45, 7) is 4.45. The predicted molar refractivity (Wildman–Crippen MR) is 66.5 cm³/mol. The topological polar surface area (TPSA) is 67.1 Å². The third kappa shape index (κ3) is 2.00. The zero-order chi connectivity index (χ0) is 11.5. The van der Waals surface area contributed by atoms with Crippen molar-refractivity contribution in [1.82, 2.24) is 0 Å². The fraction of sp³-hybridized carbons (Fsp3) is 0.250. The largest absolute Gasteiger partial charge is 0.397 e. The lowest BCUT2D eigenvalue weighted by molar-refractivity contribution is -0.115. The summed E-state index contributed by atoms with van der Waals surface area (Å²) in [5.74, 6) is 0.0256. The third-order valence-corrected chi connectivity index (χ3v) is 2.56. The molecule has 0 spiro atoms. The van der Waals surface area contributed by atoms with Gasteiger partial charge in [-0.05, 0) is 24.1 Å². The Bertz CT molecular complexity index is 440. The van der Waals surface area contributed by atoms with E-state index >= 15 is 0 Å². The quantitative estimate of drug-likeness (QED) is 0.409. The van der Waals surface area contributed by atoms with E-state index in [9.17, 15) is 4.79 Å². The number of amides is 1. The molecule has 1 aliphatic heterocycles. The number of nitrogen functional groups attached to an aromatic ring is 1. The van der Waals surface area contributed by atoms with Gasteiger partial charge in [0, 0.05) is 12.2 Å². The van der Waals surface area contributed by atoms with Crippen molar-refractivity contribution >= 4 is 23.0 Å². The van der Waals surface area contributed by atoms with Gasteiger partial charge in [0.15, 0.2) is 0 Å². The molecular weight excluding hydrogens is 202 g/mol. The lowest BCUT2D eigenvalue weighted by Gasteiger charge is -2.10. The molecule has 0 bridgehead atoms. The van der Waals surface area contributed by atoms with Crippen molar-refractivity contribution < 1.29 is 4.79 Å². The van der Waals surface area contributed by atoms with Gasteiger partial charge in [0.25, 0.3) is 0 Å². The third-order valence-electron chi connectivity index (χ3n) is 2.56. The second-order valence-electron chi connectivity index (χ2n) is 3.83. The molecule has 4 heteroatoms. The van der Waals surface area contributed by atoms with Gasteiger partial charge in [-0.15, -0.1) is 6.58 Å². The van der Waals surface area contributed by atoms with E-state index in [2.05, 4.69) is 17.2 Å². The van der Waals surface area contributed by atoms with Crippen LogP contribution in [0.25, 0.3) is 0 Å². The number of rotatable bonds is 4. The zero-order valence-corrected chi connectivity index (χ0v) is 9.05. The van der Waals surface area contributed by atoms with E-state index in [4.69, 9.17) is 5.73 Å². The fourth-order valence-corrected chi connectivity index (χ4v) is 1.76. The molecule has 2 rings (SSSR count). The van der Waals surface area contributed by atoms with Crippen LogP contribution in [0.2, 0.25) is 0 Å². The molecule has 4 nitrogen and oxygen atoms in total. The lowest BCUT2D eigenvalue weighted by Crippen LogP contribution is -2.05. The van der Waals surface area contributed by atoms with E-state index in [1.54, 1.807) is 0 Å². The number of fused-ring (bicyclic) bond motifs is 1. The molecule has 0 atom stereocenters. The summed E-state index contributed by atoms with van der Waals surface area (Å²) >= 11 is 0. The van der Waals surface area contributed by atoms with E-state index in [0.717, 1.165) is 29.9 Å². The number of hydrogen-bond donors (Lipinski definition) is 3. The molecule has 0 aromatic heterocycles. The summed E-state index contributed by atoms with van der Waals surface area (Å²) in [7, 11) is 0. The first-order chi connectivity index (χ1) is 7.70. The van der Waals surface area contributed by atoms with E-state index in [-0.39, 0.29) is 5.91 Å². The predicted octanol–water partition coefficient (Wildman–Crippen LogP) is 1.75. The number of hydrogen-bond acceptors (Lipinski definition) is 3. The van der Waals surface area contributed by atoms with Crippen molar-refractivity contribution in [3.05, 3.63) is 30.4 Å². The molecule has 1 aromatic carbocycles. The standard InChI is InChI=1S/C12H15N3O/c1-2-3-4-14-11-7-10-8(5-9(11)13)6-12(16)15-10/h2,5,7,14H,1,3-4,6,13H2,(H,15,16). The molecule has 1 heterocycles. The first-order valence-corrected chi connectivity index (χ1v) is 5.27. The molecule has 0 saturated heterocycles. The van der Waals surface area contributed by atoms with Gasteiger partial charge in [-0.1, -0.05) is 6.08 Å². The summed E-state index contributed by atoms with van der Waals surface area (Å²) in [6, 6.07) is 3.74. The van der Waals surface area contributed by atoms with Crippen LogP contribution in [-0.4, -0.2) is 12.5 Å². The Hall–Kier alpha value is -1.97. The number of nitrogens with one attached hydrogen (secondary N) is 2. The van der Waals surface area contributed by atoms with Crippen LogP contribution in [0.1, 0.15) is 12.0 Å². The van der Waals surface area contributed by atoms with Crippen LogP contribution in [0.5, 0.6) is 0 Å². The zero-order valence-electron chi connectivity index (χ0n) is 9.05. The van der Waals surface area contributed by atoms with E-state index in [1.807, 2.05) is 18.2 Å². The van der Waals surface area contributed by atoms with E-state index in [0.29, 0.717) is 12.1 Å². The van der Waals surface area contributed by atoms with Crippen LogP contribution in [-0.2, 0) is 11.2 Å². The number of benzene rings is 1. The molecule has 0 aliphatic carbocycles. The van der Waals surface area contributed by atoms with Gasteiger partial charge in [0.05, 0.1) is 17.8 Å². The monoisotopic (exact) mass is 217 g/mol. The highest BCUT2D eigenvalue weighted by Gasteiger charge is 2.18. The highest BCUT2D eigenvalue weighted by Crippen LogP contribution is 2.31. The number of nitrogens with two attached hydrogens (primary N) is 1. The van der Waals surface area contributed by atoms with Crippen molar-refractivity contribution in [2.75, 3.05) is 22.9 Å². The molecule has 1 amide bonds. The van der Waals surface area contributed by atoms with Crippen LogP contribution in [0.4, 0.5) is 17.1 Å². The fourth-order valence-electron chi connectivity index (χ4n) is 1.76. The Kier molecular flexibility index (Phi) is 2.81. The van der Waals surface area contributed by atoms with Gasteiger partial charge < -0.3 is 16.4 Å². The Morgan fingerprint density at radius 2 is 2.38 bits per heavy atom. The van der Waals surface area contributed by atoms with Crippen molar-refractivity contribution in [2.45, 2.75) is 12.8 Å². The Labute approximate surface area is 94.5 Å². The molecule has 0 saturated carbocycles. The van der Waals surface area contributed by atoms with Gasteiger partial charge in [-0.2, -0.15) is 0 Å². The molecule has 1 aliphatic rings. The minimum atomic E-state index is 0.0256. The number of carbonyl (C=O) groups is 1. The SMILES string of the molecule is C=CCCNc1cc2c(cc1N)CC(=O)N2. The van der Waals surface area contributed by atoms with Crippen LogP contribution < -0.4 is 16.4 Å². The summed E-state index contributed by atoms with van der Waals surface area (Å²) < 4.78 is 0. The summed E-state index contributed by atoms with van der Waals surface area (Å²) in [4.78, 5) is 11.2. The van der Waals surface area contributed by atoms with Gasteiger partial charge in [-0.25, -0.2) is 0 Å². The normalized spacial score (nSPS) is 13.1. The summed E-state index contributed by atoms with van der Waals surface area (Å²) in [5.41, 5.74) is 9.27. The molecule has 0 radical (unpaired) electrons. The first kappa shape index (κ1) is 10.5. The van der Waals surface area contributed by atoms with E-state index < -0.39 is 0 Å². The molecular formula is C12H15N3O. The smallest absolute Gasteiger partial charge is 0.228 e. The summed E-state index contributed by atoms with van der Waals surface area (Å²) in [5, 5.41) is 6.01. The number of anilines is 3. The second-order valence-corrected chi connectivity index (χ2v) is 3.83. The van der Waals surface area contributed by atoms with Crippen LogP contribution in [0.3, 0.4) is 0 Å². The first-order valence-electron chi connectivity index (χ1n) is 5.27. The maximum absolute atomic E-state index is 11.2. The average Bonchev–Trinajstić information content (AvgIpc) is 2.58. The van der Waals surface area contributed by atoms with Gasteiger partial charge >= 0.3 is 0 Å².